The number of hydrogen-bond acceptors (Lipinski definition) is 5. The van der Waals surface area contributed by atoms with Crippen LogP contribution in [0, 0.1) is 5.92 Å². The summed E-state index contributed by atoms with van der Waals surface area (Å²) < 4.78 is 15.8. The van der Waals surface area contributed by atoms with E-state index in [1.807, 2.05) is 24.3 Å². The molecule has 0 saturated carbocycles. The highest BCUT2D eigenvalue weighted by Gasteiger charge is 2.35. The molecule has 1 atom stereocenters. The summed E-state index contributed by atoms with van der Waals surface area (Å²) in [7, 11) is 4.72. The van der Waals surface area contributed by atoms with Gasteiger partial charge in [0.2, 0.25) is 11.8 Å². The molecule has 28 heavy (non-hydrogen) atoms. The summed E-state index contributed by atoms with van der Waals surface area (Å²) in [6.07, 6.45) is 0.188. The van der Waals surface area contributed by atoms with Crippen LogP contribution in [0.15, 0.2) is 42.5 Å². The van der Waals surface area contributed by atoms with Gasteiger partial charge in [0.05, 0.1) is 27.2 Å². The minimum atomic E-state index is -0.397. The van der Waals surface area contributed by atoms with Gasteiger partial charge in [-0.25, -0.2) is 0 Å². The summed E-state index contributed by atoms with van der Waals surface area (Å²) >= 11 is 0. The van der Waals surface area contributed by atoms with Gasteiger partial charge in [-0.1, -0.05) is 12.1 Å². The third-order valence-corrected chi connectivity index (χ3v) is 4.82. The van der Waals surface area contributed by atoms with Crippen LogP contribution >= 0.6 is 0 Å². The molecular formula is C21H24N2O5. The Labute approximate surface area is 164 Å². The van der Waals surface area contributed by atoms with Crippen molar-refractivity contribution in [2.24, 2.45) is 5.92 Å². The van der Waals surface area contributed by atoms with E-state index in [4.69, 9.17) is 14.2 Å². The highest BCUT2D eigenvalue weighted by atomic mass is 16.5. The lowest BCUT2D eigenvalue weighted by molar-refractivity contribution is -0.126. The maximum absolute atomic E-state index is 12.6. The van der Waals surface area contributed by atoms with E-state index in [0.29, 0.717) is 24.6 Å². The molecule has 1 unspecified atom stereocenters. The van der Waals surface area contributed by atoms with Gasteiger partial charge in [-0.05, 0) is 30.3 Å². The molecule has 1 N–H and O–H groups in total. The highest BCUT2D eigenvalue weighted by Crippen LogP contribution is 2.31. The molecule has 0 radical (unpaired) electrons. The Hall–Kier alpha value is -3.22. The quantitative estimate of drug-likeness (QED) is 0.793. The van der Waals surface area contributed by atoms with Gasteiger partial charge in [-0.3, -0.25) is 9.59 Å². The van der Waals surface area contributed by atoms with E-state index in [-0.39, 0.29) is 18.2 Å². The molecule has 2 aromatic rings. The van der Waals surface area contributed by atoms with Crippen LogP contribution < -0.4 is 24.4 Å². The molecule has 2 aromatic carbocycles. The number of methoxy groups -OCH3 is 3. The van der Waals surface area contributed by atoms with Crippen molar-refractivity contribution in [3.05, 3.63) is 48.0 Å². The van der Waals surface area contributed by atoms with Gasteiger partial charge in [0, 0.05) is 30.8 Å². The number of para-hydroxylation sites is 1. The average Bonchev–Trinajstić information content (AvgIpc) is 3.13. The monoisotopic (exact) mass is 384 g/mol. The fourth-order valence-electron chi connectivity index (χ4n) is 3.31. The SMILES string of the molecule is COc1ccc(N2CC(C(=O)NCc3cccc(OC)c3OC)CC2=O)cc1. The van der Waals surface area contributed by atoms with Crippen molar-refractivity contribution >= 4 is 17.5 Å². The summed E-state index contributed by atoms with van der Waals surface area (Å²) in [6, 6.07) is 12.7. The fraction of sp³-hybridized carbons (Fsp3) is 0.333. The lowest BCUT2D eigenvalue weighted by atomic mass is 10.1. The summed E-state index contributed by atoms with van der Waals surface area (Å²) in [4.78, 5) is 26.6. The van der Waals surface area contributed by atoms with Crippen LogP contribution in [0.2, 0.25) is 0 Å². The van der Waals surface area contributed by atoms with E-state index in [1.165, 1.54) is 0 Å². The summed E-state index contributed by atoms with van der Waals surface area (Å²) in [5, 5.41) is 2.90. The number of amides is 2. The molecule has 3 rings (SSSR count). The molecule has 1 heterocycles. The van der Waals surface area contributed by atoms with E-state index < -0.39 is 5.92 Å². The Morgan fingerprint density at radius 1 is 1.07 bits per heavy atom. The largest absolute Gasteiger partial charge is 0.497 e. The van der Waals surface area contributed by atoms with Crippen LogP contribution in [0.3, 0.4) is 0 Å². The molecule has 1 saturated heterocycles. The van der Waals surface area contributed by atoms with Crippen LogP contribution in [-0.2, 0) is 16.1 Å². The first kappa shape index (κ1) is 19.5. The molecule has 1 aliphatic rings. The predicted octanol–water partition coefficient (Wildman–Crippen LogP) is 2.38. The number of hydrogen-bond donors (Lipinski definition) is 1. The minimum Gasteiger partial charge on any atom is -0.497 e. The second-order valence-electron chi connectivity index (χ2n) is 6.47. The van der Waals surface area contributed by atoms with Crippen molar-refractivity contribution in [3.63, 3.8) is 0 Å². The Morgan fingerprint density at radius 2 is 1.82 bits per heavy atom. The van der Waals surface area contributed by atoms with Crippen molar-refractivity contribution in [1.29, 1.82) is 0 Å². The summed E-state index contributed by atoms with van der Waals surface area (Å²) in [6.45, 7) is 0.651. The first-order chi connectivity index (χ1) is 13.6. The van der Waals surface area contributed by atoms with Gasteiger partial charge in [-0.15, -0.1) is 0 Å². The summed E-state index contributed by atoms with van der Waals surface area (Å²) in [5.74, 6) is 1.30. The van der Waals surface area contributed by atoms with Crippen molar-refractivity contribution < 1.29 is 23.8 Å². The van der Waals surface area contributed by atoms with Gasteiger partial charge in [0.25, 0.3) is 0 Å². The third kappa shape index (κ3) is 4.03. The average molecular weight is 384 g/mol. The number of nitrogens with one attached hydrogen (secondary N) is 1. The van der Waals surface area contributed by atoms with E-state index in [0.717, 1.165) is 17.0 Å². The van der Waals surface area contributed by atoms with E-state index in [1.54, 1.807) is 44.4 Å². The molecule has 148 valence electrons. The predicted molar refractivity (Wildman–Crippen MR) is 105 cm³/mol. The number of rotatable bonds is 7. The molecule has 1 fully saturated rings. The Morgan fingerprint density at radius 3 is 2.46 bits per heavy atom. The maximum Gasteiger partial charge on any atom is 0.227 e. The first-order valence-corrected chi connectivity index (χ1v) is 8.99. The topological polar surface area (TPSA) is 77.1 Å². The molecule has 0 aromatic heterocycles. The standard InChI is InChI=1S/C21H24N2O5/c1-26-17-9-7-16(8-10-17)23-13-15(11-19(23)24)21(25)22-12-14-5-4-6-18(27-2)20(14)28-3/h4-10,15H,11-13H2,1-3H3,(H,22,25). The van der Waals surface area contributed by atoms with Gasteiger partial charge in [0.1, 0.15) is 5.75 Å². The lowest BCUT2D eigenvalue weighted by Gasteiger charge is -2.17. The fourth-order valence-corrected chi connectivity index (χ4v) is 3.31. The molecule has 1 aliphatic heterocycles. The molecule has 0 bridgehead atoms. The van der Waals surface area contributed by atoms with Gasteiger partial charge in [-0.2, -0.15) is 0 Å². The van der Waals surface area contributed by atoms with E-state index in [2.05, 4.69) is 5.32 Å². The Balaban J connectivity index is 1.63. The van der Waals surface area contributed by atoms with Crippen molar-refractivity contribution in [2.45, 2.75) is 13.0 Å². The molecule has 0 aliphatic carbocycles. The van der Waals surface area contributed by atoms with Gasteiger partial charge < -0.3 is 24.4 Å². The second-order valence-corrected chi connectivity index (χ2v) is 6.47. The van der Waals surface area contributed by atoms with Crippen LogP contribution in [0.25, 0.3) is 0 Å². The molecule has 2 amide bonds. The number of carbonyl (C=O) groups excluding carboxylic acids is 2. The molecule has 7 nitrogen and oxygen atoms in total. The number of benzene rings is 2. The van der Waals surface area contributed by atoms with E-state index in [9.17, 15) is 9.59 Å². The van der Waals surface area contributed by atoms with Crippen molar-refractivity contribution in [1.82, 2.24) is 5.32 Å². The second kappa shape index (κ2) is 8.65. The van der Waals surface area contributed by atoms with Crippen molar-refractivity contribution in [3.8, 4) is 17.2 Å². The van der Waals surface area contributed by atoms with Crippen LogP contribution in [-0.4, -0.2) is 39.7 Å². The van der Waals surface area contributed by atoms with Crippen molar-refractivity contribution in [2.75, 3.05) is 32.8 Å². The molecule has 0 spiro atoms. The lowest BCUT2D eigenvalue weighted by Crippen LogP contribution is -2.32. The smallest absolute Gasteiger partial charge is 0.227 e. The van der Waals surface area contributed by atoms with Crippen LogP contribution in [0.1, 0.15) is 12.0 Å². The number of anilines is 1. The van der Waals surface area contributed by atoms with Crippen LogP contribution in [0.4, 0.5) is 5.69 Å². The molecular weight excluding hydrogens is 360 g/mol. The van der Waals surface area contributed by atoms with Gasteiger partial charge >= 0.3 is 0 Å². The first-order valence-electron chi connectivity index (χ1n) is 8.99. The van der Waals surface area contributed by atoms with Crippen LogP contribution in [0.5, 0.6) is 17.2 Å². The number of nitrogens with zero attached hydrogens (tertiary/aromatic N) is 1. The zero-order chi connectivity index (χ0) is 20.1. The van der Waals surface area contributed by atoms with Gasteiger partial charge in [0.15, 0.2) is 11.5 Å². The highest BCUT2D eigenvalue weighted by molar-refractivity contribution is 6.00. The number of ether oxygens (including phenoxy) is 3. The summed E-state index contributed by atoms with van der Waals surface area (Å²) in [5.41, 5.74) is 1.57. The molecule has 7 heteroatoms. The number of carbonyl (C=O) groups is 2. The zero-order valence-corrected chi connectivity index (χ0v) is 16.2. The minimum absolute atomic E-state index is 0.0655. The maximum atomic E-state index is 12.6. The Bertz CT molecular complexity index is 850. The normalized spacial score (nSPS) is 16.0. The third-order valence-electron chi connectivity index (χ3n) is 4.82. The Kier molecular flexibility index (Phi) is 6.03. The zero-order valence-electron chi connectivity index (χ0n) is 16.2. The van der Waals surface area contributed by atoms with E-state index >= 15 is 0 Å².